The van der Waals surface area contributed by atoms with Gasteiger partial charge >= 0.3 is 0 Å². The van der Waals surface area contributed by atoms with Crippen LogP contribution in [0.2, 0.25) is 0 Å². The molecule has 1 atom stereocenters. The lowest BCUT2D eigenvalue weighted by atomic mass is 10.1. The molecule has 6 nitrogen and oxygen atoms in total. The molecule has 29 heavy (non-hydrogen) atoms. The molecule has 0 saturated carbocycles. The van der Waals surface area contributed by atoms with Gasteiger partial charge in [0.05, 0.1) is 0 Å². The Morgan fingerprint density at radius 3 is 2.41 bits per heavy atom. The molecular formula is C22H23N3O3S. The van der Waals surface area contributed by atoms with Crippen molar-refractivity contribution in [2.75, 3.05) is 10.6 Å². The zero-order valence-electron chi connectivity index (χ0n) is 16.3. The van der Waals surface area contributed by atoms with Crippen LogP contribution in [0.1, 0.15) is 36.3 Å². The van der Waals surface area contributed by atoms with Crippen LogP contribution in [-0.4, -0.2) is 17.0 Å². The first kappa shape index (κ1) is 20.7. The summed E-state index contributed by atoms with van der Waals surface area (Å²) in [4.78, 5) is 25.6. The van der Waals surface area contributed by atoms with Gasteiger partial charge in [-0.3, -0.25) is 9.59 Å². The first-order chi connectivity index (χ1) is 14.0. The minimum atomic E-state index is -0.464. The van der Waals surface area contributed by atoms with Crippen molar-refractivity contribution in [1.29, 1.82) is 0 Å². The molecule has 0 aliphatic heterocycles. The number of aryl methyl sites for hydroxylation is 1. The smallest absolute Gasteiger partial charge is 0.243 e. The Morgan fingerprint density at radius 2 is 1.79 bits per heavy atom. The molecule has 0 spiro atoms. The van der Waals surface area contributed by atoms with Crippen LogP contribution in [0, 0.1) is 6.92 Å². The number of benzene rings is 2. The quantitative estimate of drug-likeness (QED) is 0.500. The first-order valence-electron chi connectivity index (χ1n) is 9.41. The zero-order chi connectivity index (χ0) is 20.6. The average molecular weight is 410 g/mol. The van der Waals surface area contributed by atoms with E-state index >= 15 is 0 Å². The SMILES string of the molecule is CCCC(=O)Nc1ccc(SC(C(=O)Nc2cc(C)on2)c2ccccc2)cc1. The molecule has 1 aromatic heterocycles. The minimum Gasteiger partial charge on any atom is -0.360 e. The number of anilines is 2. The van der Waals surface area contributed by atoms with Crippen molar-refractivity contribution < 1.29 is 14.1 Å². The van der Waals surface area contributed by atoms with Crippen LogP contribution < -0.4 is 10.6 Å². The number of amides is 2. The molecule has 3 aromatic rings. The molecule has 2 amide bonds. The highest BCUT2D eigenvalue weighted by Gasteiger charge is 2.23. The Kier molecular flexibility index (Phi) is 7.08. The van der Waals surface area contributed by atoms with E-state index in [9.17, 15) is 9.59 Å². The van der Waals surface area contributed by atoms with Crippen LogP contribution in [0.3, 0.4) is 0 Å². The van der Waals surface area contributed by atoms with E-state index in [4.69, 9.17) is 4.52 Å². The normalized spacial score (nSPS) is 11.7. The van der Waals surface area contributed by atoms with Crippen molar-refractivity contribution >= 4 is 35.1 Å². The van der Waals surface area contributed by atoms with Crippen LogP contribution in [0.5, 0.6) is 0 Å². The number of hydrogen-bond donors (Lipinski definition) is 2. The van der Waals surface area contributed by atoms with E-state index in [-0.39, 0.29) is 11.8 Å². The molecule has 0 radical (unpaired) electrons. The molecule has 0 bridgehead atoms. The minimum absolute atomic E-state index is 0.00246. The van der Waals surface area contributed by atoms with Crippen LogP contribution in [-0.2, 0) is 9.59 Å². The standard InChI is InChI=1S/C22H23N3O3S/c1-3-7-20(26)23-17-10-12-18(13-11-17)29-21(16-8-5-4-6-9-16)22(27)24-19-14-15(2)28-25-19/h4-6,8-14,21H,3,7H2,1-2H3,(H,23,26)(H,24,25,27). The van der Waals surface area contributed by atoms with Gasteiger partial charge in [-0.2, -0.15) is 0 Å². The molecular weight excluding hydrogens is 386 g/mol. The Hall–Kier alpha value is -3.06. The summed E-state index contributed by atoms with van der Waals surface area (Å²) in [5.41, 5.74) is 1.63. The molecule has 0 saturated heterocycles. The fourth-order valence-electron chi connectivity index (χ4n) is 2.72. The van der Waals surface area contributed by atoms with Crippen LogP contribution in [0.25, 0.3) is 0 Å². The van der Waals surface area contributed by atoms with E-state index in [1.54, 1.807) is 13.0 Å². The van der Waals surface area contributed by atoms with E-state index in [1.165, 1.54) is 11.8 Å². The van der Waals surface area contributed by atoms with Crippen molar-refractivity contribution in [3.05, 3.63) is 72.0 Å². The van der Waals surface area contributed by atoms with E-state index in [1.807, 2.05) is 61.5 Å². The third-order valence-corrected chi connectivity index (χ3v) is 5.36. The lowest BCUT2D eigenvalue weighted by Gasteiger charge is -2.16. The van der Waals surface area contributed by atoms with Gasteiger partial charge in [-0.25, -0.2) is 0 Å². The third kappa shape index (κ3) is 5.96. The number of nitrogens with zero attached hydrogens (tertiary/aromatic N) is 1. The molecule has 2 aromatic carbocycles. The van der Waals surface area contributed by atoms with Crippen LogP contribution in [0.4, 0.5) is 11.5 Å². The number of rotatable bonds is 8. The molecule has 0 aliphatic carbocycles. The Morgan fingerprint density at radius 1 is 1.07 bits per heavy atom. The van der Waals surface area contributed by atoms with E-state index in [0.717, 1.165) is 22.6 Å². The van der Waals surface area contributed by atoms with Gasteiger partial charge in [-0.1, -0.05) is 42.4 Å². The average Bonchev–Trinajstić information content (AvgIpc) is 3.12. The number of hydrogen-bond acceptors (Lipinski definition) is 5. The first-order valence-corrected chi connectivity index (χ1v) is 10.3. The molecule has 1 heterocycles. The second-order valence-corrected chi connectivity index (χ2v) is 7.72. The number of nitrogens with one attached hydrogen (secondary N) is 2. The van der Waals surface area contributed by atoms with Crippen LogP contribution in [0.15, 0.2) is 70.1 Å². The maximum atomic E-state index is 12.9. The molecule has 150 valence electrons. The molecule has 0 fully saturated rings. The molecule has 3 rings (SSSR count). The highest BCUT2D eigenvalue weighted by Crippen LogP contribution is 2.36. The van der Waals surface area contributed by atoms with Crippen molar-refractivity contribution in [2.45, 2.75) is 36.8 Å². The fraction of sp³-hybridized carbons (Fsp3) is 0.227. The second-order valence-electron chi connectivity index (χ2n) is 6.54. The van der Waals surface area contributed by atoms with Gasteiger partial charge in [-0.15, -0.1) is 11.8 Å². The van der Waals surface area contributed by atoms with E-state index < -0.39 is 5.25 Å². The van der Waals surface area contributed by atoms with Gasteiger partial charge in [0.25, 0.3) is 0 Å². The predicted octanol–water partition coefficient (Wildman–Crippen LogP) is 5.19. The van der Waals surface area contributed by atoms with E-state index in [2.05, 4.69) is 15.8 Å². The number of carbonyl (C=O) groups excluding carboxylic acids is 2. The van der Waals surface area contributed by atoms with Crippen molar-refractivity contribution in [3.63, 3.8) is 0 Å². The maximum absolute atomic E-state index is 12.9. The Bertz CT molecular complexity index is 955. The summed E-state index contributed by atoms with van der Waals surface area (Å²) in [6.07, 6.45) is 1.30. The summed E-state index contributed by atoms with van der Waals surface area (Å²) in [7, 11) is 0. The van der Waals surface area contributed by atoms with Crippen molar-refractivity contribution in [2.24, 2.45) is 0 Å². The molecule has 2 N–H and O–H groups in total. The van der Waals surface area contributed by atoms with Gasteiger partial charge in [0.2, 0.25) is 11.8 Å². The van der Waals surface area contributed by atoms with E-state index in [0.29, 0.717) is 18.0 Å². The largest absolute Gasteiger partial charge is 0.360 e. The summed E-state index contributed by atoms with van der Waals surface area (Å²) >= 11 is 1.43. The van der Waals surface area contributed by atoms with Gasteiger partial charge in [0, 0.05) is 23.1 Å². The molecule has 7 heteroatoms. The second kappa shape index (κ2) is 9.93. The zero-order valence-corrected chi connectivity index (χ0v) is 17.2. The number of carbonyl (C=O) groups is 2. The highest BCUT2D eigenvalue weighted by atomic mass is 32.2. The Balaban J connectivity index is 1.74. The van der Waals surface area contributed by atoms with Gasteiger partial charge < -0.3 is 15.2 Å². The molecule has 1 unspecified atom stereocenters. The fourth-order valence-corrected chi connectivity index (χ4v) is 3.75. The summed E-state index contributed by atoms with van der Waals surface area (Å²) in [5.74, 6) is 0.833. The number of thioether (sulfide) groups is 1. The molecule has 0 aliphatic rings. The predicted molar refractivity (Wildman–Crippen MR) is 115 cm³/mol. The summed E-state index contributed by atoms with van der Waals surface area (Å²) in [6.45, 7) is 3.74. The lowest BCUT2D eigenvalue weighted by Crippen LogP contribution is -2.19. The van der Waals surface area contributed by atoms with Gasteiger partial charge in [-0.05, 0) is 43.2 Å². The van der Waals surface area contributed by atoms with Crippen LogP contribution >= 0.6 is 11.8 Å². The maximum Gasteiger partial charge on any atom is 0.243 e. The monoisotopic (exact) mass is 409 g/mol. The summed E-state index contributed by atoms with van der Waals surface area (Å²) in [6, 6.07) is 18.7. The summed E-state index contributed by atoms with van der Waals surface area (Å²) in [5, 5.41) is 9.05. The number of aromatic nitrogens is 1. The highest BCUT2D eigenvalue weighted by molar-refractivity contribution is 8.00. The van der Waals surface area contributed by atoms with Gasteiger partial charge in [0.1, 0.15) is 11.0 Å². The van der Waals surface area contributed by atoms with Gasteiger partial charge in [0.15, 0.2) is 5.82 Å². The summed E-state index contributed by atoms with van der Waals surface area (Å²) < 4.78 is 5.03. The lowest BCUT2D eigenvalue weighted by molar-refractivity contribution is -0.116. The topological polar surface area (TPSA) is 84.2 Å². The van der Waals surface area contributed by atoms with Crippen molar-refractivity contribution in [1.82, 2.24) is 5.16 Å². The Labute approximate surface area is 174 Å². The third-order valence-electron chi connectivity index (χ3n) is 4.09. The van der Waals surface area contributed by atoms with Crippen molar-refractivity contribution in [3.8, 4) is 0 Å².